The lowest BCUT2D eigenvalue weighted by Gasteiger charge is -2.17. The first kappa shape index (κ1) is 11.8. The van der Waals surface area contributed by atoms with Crippen molar-refractivity contribution in [3.05, 3.63) is 0 Å². The zero-order chi connectivity index (χ0) is 12.4. The molecular weight excluding hydrogens is 228 g/mol. The fraction of sp³-hybridized carbons (Fsp3) is 0.700. The highest BCUT2D eigenvalue weighted by Gasteiger charge is 2.39. The van der Waals surface area contributed by atoms with Crippen LogP contribution in [0.2, 0.25) is 0 Å². The van der Waals surface area contributed by atoms with Gasteiger partial charge in [-0.05, 0) is 12.8 Å². The molecule has 7 nitrogen and oxygen atoms in total. The molecule has 0 radical (unpaired) electrons. The molecule has 0 aromatic heterocycles. The number of aliphatic carboxylic acids is 1. The highest BCUT2D eigenvalue weighted by molar-refractivity contribution is 5.91. The lowest BCUT2D eigenvalue weighted by molar-refractivity contribution is -0.146. The topological polar surface area (TPSA) is 105 Å². The molecule has 1 saturated carbocycles. The molecule has 0 aromatic carbocycles. The molecule has 0 aromatic rings. The zero-order valence-corrected chi connectivity index (χ0v) is 9.14. The first-order valence-corrected chi connectivity index (χ1v) is 5.54. The standard InChI is InChI=1S/C10H14N2O5/c13-8(11-7-4-17-12-9(7)14)5-2-1-3-6(5)10(15)16/h5-7H,1-4H2,(H,11,13)(H,12,14)(H,15,16)/t5?,6?,7-/m1/s1. The van der Waals surface area contributed by atoms with E-state index in [-0.39, 0.29) is 12.5 Å². The molecule has 1 heterocycles. The monoisotopic (exact) mass is 242 g/mol. The van der Waals surface area contributed by atoms with Gasteiger partial charge in [-0.3, -0.25) is 19.2 Å². The van der Waals surface area contributed by atoms with Crippen molar-refractivity contribution in [3.63, 3.8) is 0 Å². The summed E-state index contributed by atoms with van der Waals surface area (Å²) in [6.07, 6.45) is 1.79. The summed E-state index contributed by atoms with van der Waals surface area (Å²) in [6.45, 7) is 0.0784. The second kappa shape index (κ2) is 4.70. The Balaban J connectivity index is 1.95. The number of rotatable bonds is 3. The van der Waals surface area contributed by atoms with Crippen LogP contribution in [-0.2, 0) is 19.2 Å². The molecule has 94 valence electrons. The van der Waals surface area contributed by atoms with Crippen LogP contribution < -0.4 is 10.8 Å². The number of hydroxylamine groups is 1. The third-order valence-corrected chi connectivity index (χ3v) is 3.23. The number of amides is 2. The summed E-state index contributed by atoms with van der Waals surface area (Å²) in [4.78, 5) is 38.6. The van der Waals surface area contributed by atoms with E-state index in [1.807, 2.05) is 0 Å². The first-order valence-electron chi connectivity index (χ1n) is 5.54. The van der Waals surface area contributed by atoms with E-state index in [1.165, 1.54) is 0 Å². The molecule has 1 saturated heterocycles. The van der Waals surface area contributed by atoms with Crippen molar-refractivity contribution in [1.82, 2.24) is 10.8 Å². The van der Waals surface area contributed by atoms with E-state index in [4.69, 9.17) is 5.11 Å². The summed E-state index contributed by atoms with van der Waals surface area (Å²) < 4.78 is 0. The summed E-state index contributed by atoms with van der Waals surface area (Å²) in [5.41, 5.74) is 2.13. The van der Waals surface area contributed by atoms with Gasteiger partial charge in [0.05, 0.1) is 11.8 Å². The molecule has 17 heavy (non-hydrogen) atoms. The van der Waals surface area contributed by atoms with Crippen molar-refractivity contribution in [1.29, 1.82) is 0 Å². The number of carboxylic acid groups (broad SMARTS) is 1. The number of hydrogen-bond acceptors (Lipinski definition) is 4. The molecule has 2 rings (SSSR count). The SMILES string of the molecule is O=C(O)C1CCCC1C(=O)N[C@@H]1CONC1=O. The average molecular weight is 242 g/mol. The Morgan fingerprint density at radius 3 is 2.65 bits per heavy atom. The van der Waals surface area contributed by atoms with Gasteiger partial charge in [-0.25, -0.2) is 5.48 Å². The molecule has 2 fully saturated rings. The highest BCUT2D eigenvalue weighted by Crippen LogP contribution is 2.32. The Hall–Kier alpha value is -1.63. The summed E-state index contributed by atoms with van der Waals surface area (Å²) in [6, 6.07) is -0.711. The van der Waals surface area contributed by atoms with Gasteiger partial charge in [-0.1, -0.05) is 6.42 Å². The van der Waals surface area contributed by atoms with Crippen molar-refractivity contribution in [2.75, 3.05) is 6.61 Å². The van der Waals surface area contributed by atoms with Gasteiger partial charge in [0.2, 0.25) is 5.91 Å². The van der Waals surface area contributed by atoms with Crippen LogP contribution in [0.15, 0.2) is 0 Å². The second-order valence-corrected chi connectivity index (χ2v) is 4.32. The minimum Gasteiger partial charge on any atom is -0.481 e. The predicted molar refractivity (Wildman–Crippen MR) is 54.5 cm³/mol. The average Bonchev–Trinajstić information content (AvgIpc) is 2.87. The molecule has 3 atom stereocenters. The van der Waals surface area contributed by atoms with Crippen LogP contribution in [0, 0.1) is 11.8 Å². The van der Waals surface area contributed by atoms with E-state index < -0.39 is 29.8 Å². The van der Waals surface area contributed by atoms with E-state index in [1.54, 1.807) is 0 Å². The first-order chi connectivity index (χ1) is 8.09. The summed E-state index contributed by atoms with van der Waals surface area (Å²) >= 11 is 0. The number of carbonyl (C=O) groups excluding carboxylic acids is 2. The Bertz CT molecular complexity index is 357. The molecule has 2 unspecified atom stereocenters. The lowest BCUT2D eigenvalue weighted by atomic mass is 9.95. The van der Waals surface area contributed by atoms with Gasteiger partial charge in [-0.2, -0.15) is 0 Å². The van der Waals surface area contributed by atoms with E-state index in [9.17, 15) is 14.4 Å². The third-order valence-electron chi connectivity index (χ3n) is 3.23. The minimum atomic E-state index is -0.949. The van der Waals surface area contributed by atoms with Crippen molar-refractivity contribution in [2.24, 2.45) is 11.8 Å². The minimum absolute atomic E-state index is 0.0784. The number of hydrogen-bond donors (Lipinski definition) is 3. The summed E-state index contributed by atoms with van der Waals surface area (Å²) in [7, 11) is 0. The van der Waals surface area contributed by atoms with Crippen molar-refractivity contribution in [2.45, 2.75) is 25.3 Å². The van der Waals surface area contributed by atoms with Crippen LogP contribution in [0.25, 0.3) is 0 Å². The van der Waals surface area contributed by atoms with Crippen LogP contribution in [-0.4, -0.2) is 35.5 Å². The molecule has 2 amide bonds. The molecule has 0 spiro atoms. The Morgan fingerprint density at radius 1 is 1.35 bits per heavy atom. The van der Waals surface area contributed by atoms with Gasteiger partial charge in [0.25, 0.3) is 5.91 Å². The molecule has 1 aliphatic heterocycles. The van der Waals surface area contributed by atoms with E-state index in [2.05, 4.69) is 15.6 Å². The summed E-state index contributed by atoms with van der Waals surface area (Å²) in [5.74, 6) is -2.90. The fourth-order valence-corrected chi connectivity index (χ4v) is 2.30. The number of carbonyl (C=O) groups is 3. The maximum absolute atomic E-state index is 11.9. The largest absolute Gasteiger partial charge is 0.481 e. The fourth-order valence-electron chi connectivity index (χ4n) is 2.30. The van der Waals surface area contributed by atoms with Crippen molar-refractivity contribution >= 4 is 17.8 Å². The van der Waals surface area contributed by atoms with Gasteiger partial charge in [0, 0.05) is 0 Å². The Labute approximate surface area is 97.5 Å². The number of nitrogens with one attached hydrogen (secondary N) is 2. The molecular formula is C10H14N2O5. The van der Waals surface area contributed by atoms with Gasteiger partial charge < -0.3 is 10.4 Å². The predicted octanol–water partition coefficient (Wildman–Crippen LogP) is -0.966. The van der Waals surface area contributed by atoms with Crippen LogP contribution in [0.1, 0.15) is 19.3 Å². The van der Waals surface area contributed by atoms with Crippen LogP contribution in [0.3, 0.4) is 0 Å². The highest BCUT2D eigenvalue weighted by atomic mass is 16.7. The summed E-state index contributed by atoms with van der Waals surface area (Å²) in [5, 5.41) is 11.5. The third kappa shape index (κ3) is 2.38. The smallest absolute Gasteiger partial charge is 0.307 e. The van der Waals surface area contributed by atoms with Crippen LogP contribution >= 0.6 is 0 Å². The van der Waals surface area contributed by atoms with Gasteiger partial charge >= 0.3 is 5.97 Å². The van der Waals surface area contributed by atoms with Gasteiger partial charge in [0.1, 0.15) is 12.6 Å². The quantitative estimate of drug-likeness (QED) is 0.591. The Kier molecular flexibility index (Phi) is 3.28. The zero-order valence-electron chi connectivity index (χ0n) is 9.14. The molecule has 1 aliphatic carbocycles. The normalized spacial score (nSPS) is 32.2. The van der Waals surface area contributed by atoms with Crippen LogP contribution in [0.5, 0.6) is 0 Å². The molecule has 3 N–H and O–H groups in total. The lowest BCUT2D eigenvalue weighted by Crippen LogP contribution is -2.45. The molecule has 2 aliphatic rings. The van der Waals surface area contributed by atoms with E-state index in [0.717, 1.165) is 6.42 Å². The second-order valence-electron chi connectivity index (χ2n) is 4.32. The molecule has 0 bridgehead atoms. The van der Waals surface area contributed by atoms with Gasteiger partial charge in [-0.15, -0.1) is 0 Å². The van der Waals surface area contributed by atoms with Crippen molar-refractivity contribution in [3.8, 4) is 0 Å². The van der Waals surface area contributed by atoms with Crippen molar-refractivity contribution < 1.29 is 24.3 Å². The van der Waals surface area contributed by atoms with Gasteiger partial charge in [0.15, 0.2) is 0 Å². The maximum atomic E-state index is 11.9. The van der Waals surface area contributed by atoms with E-state index >= 15 is 0 Å². The number of carboxylic acids is 1. The van der Waals surface area contributed by atoms with E-state index in [0.29, 0.717) is 12.8 Å². The Morgan fingerprint density at radius 2 is 2.06 bits per heavy atom. The molecule has 7 heteroatoms. The maximum Gasteiger partial charge on any atom is 0.307 e. The van der Waals surface area contributed by atoms with Crippen LogP contribution in [0.4, 0.5) is 0 Å².